The molecule has 0 bridgehead atoms. The normalized spacial score (nSPS) is 11.0. The molecule has 0 saturated carbocycles. The van der Waals surface area contributed by atoms with Gasteiger partial charge in [-0.05, 0) is 36.1 Å². The Morgan fingerprint density at radius 1 is 1.06 bits per heavy atom. The molecule has 0 fully saturated rings. The molecule has 0 spiro atoms. The van der Waals surface area contributed by atoms with Crippen LogP contribution in [-0.2, 0) is 0 Å². The van der Waals surface area contributed by atoms with Crippen molar-refractivity contribution in [2.24, 2.45) is 11.8 Å². The lowest BCUT2D eigenvalue weighted by atomic mass is 10.1. The highest BCUT2D eigenvalue weighted by Gasteiger charge is 2.17. The summed E-state index contributed by atoms with van der Waals surface area (Å²) in [5, 5.41) is 0. The molecule has 18 heavy (non-hydrogen) atoms. The number of anilines is 1. The van der Waals surface area contributed by atoms with Crippen LogP contribution in [0.2, 0.25) is 0 Å². The number of carbonyl (C=O) groups is 1. The molecular formula is C15H24N2O. The van der Waals surface area contributed by atoms with Crippen LogP contribution in [0.4, 0.5) is 5.69 Å². The van der Waals surface area contributed by atoms with E-state index >= 15 is 0 Å². The smallest absolute Gasteiger partial charge is 0.253 e. The standard InChI is InChI=1S/C15H24N2O/c1-11(2)9-17(10-12(3)4)15(18)13-5-7-14(16)8-6-13/h5-8,11-12H,9-10,16H2,1-4H3. The third kappa shape index (κ3) is 4.40. The van der Waals surface area contributed by atoms with Crippen molar-refractivity contribution in [1.82, 2.24) is 4.90 Å². The molecule has 1 rings (SSSR count). The van der Waals surface area contributed by atoms with Gasteiger partial charge < -0.3 is 10.6 Å². The van der Waals surface area contributed by atoms with Crippen LogP contribution in [-0.4, -0.2) is 23.9 Å². The van der Waals surface area contributed by atoms with Crippen LogP contribution in [0.1, 0.15) is 38.1 Å². The quantitative estimate of drug-likeness (QED) is 0.814. The van der Waals surface area contributed by atoms with Crippen molar-refractivity contribution in [3.63, 3.8) is 0 Å². The van der Waals surface area contributed by atoms with Crippen LogP contribution in [0.25, 0.3) is 0 Å². The SMILES string of the molecule is CC(C)CN(CC(C)C)C(=O)c1ccc(N)cc1. The van der Waals surface area contributed by atoms with Gasteiger partial charge >= 0.3 is 0 Å². The highest BCUT2D eigenvalue weighted by atomic mass is 16.2. The van der Waals surface area contributed by atoms with Crippen LogP contribution >= 0.6 is 0 Å². The Bertz CT molecular complexity index is 372. The molecule has 0 heterocycles. The van der Waals surface area contributed by atoms with Crippen LogP contribution < -0.4 is 5.73 Å². The first-order chi connectivity index (χ1) is 8.40. The molecule has 3 nitrogen and oxygen atoms in total. The fourth-order valence-corrected chi connectivity index (χ4v) is 1.93. The van der Waals surface area contributed by atoms with Gasteiger partial charge in [0, 0.05) is 24.3 Å². The Morgan fingerprint density at radius 3 is 1.89 bits per heavy atom. The number of hydrogen-bond acceptors (Lipinski definition) is 2. The van der Waals surface area contributed by atoms with E-state index in [1.165, 1.54) is 0 Å². The van der Waals surface area contributed by atoms with Gasteiger partial charge in [0.05, 0.1) is 0 Å². The van der Waals surface area contributed by atoms with E-state index in [-0.39, 0.29) is 5.91 Å². The van der Waals surface area contributed by atoms with Crippen molar-refractivity contribution < 1.29 is 4.79 Å². The van der Waals surface area contributed by atoms with Crippen LogP contribution in [0.5, 0.6) is 0 Å². The first-order valence-corrected chi connectivity index (χ1v) is 6.55. The van der Waals surface area contributed by atoms with Gasteiger partial charge in [-0.1, -0.05) is 27.7 Å². The zero-order valence-electron chi connectivity index (χ0n) is 11.8. The number of carbonyl (C=O) groups excluding carboxylic acids is 1. The summed E-state index contributed by atoms with van der Waals surface area (Å²) in [5.74, 6) is 1.04. The van der Waals surface area contributed by atoms with Crippen molar-refractivity contribution in [2.75, 3.05) is 18.8 Å². The van der Waals surface area contributed by atoms with Gasteiger partial charge in [-0.2, -0.15) is 0 Å². The third-order valence-electron chi connectivity index (χ3n) is 2.62. The van der Waals surface area contributed by atoms with Gasteiger partial charge in [-0.15, -0.1) is 0 Å². The van der Waals surface area contributed by atoms with Gasteiger partial charge in [-0.3, -0.25) is 4.79 Å². The van der Waals surface area contributed by atoms with E-state index in [0.717, 1.165) is 13.1 Å². The monoisotopic (exact) mass is 248 g/mol. The number of benzene rings is 1. The lowest BCUT2D eigenvalue weighted by Gasteiger charge is -2.26. The molecule has 0 aromatic heterocycles. The highest BCUT2D eigenvalue weighted by molar-refractivity contribution is 5.94. The van der Waals surface area contributed by atoms with Crippen molar-refractivity contribution in [1.29, 1.82) is 0 Å². The Kier molecular flexibility index (Phi) is 5.20. The average molecular weight is 248 g/mol. The molecule has 0 atom stereocenters. The Hall–Kier alpha value is -1.51. The summed E-state index contributed by atoms with van der Waals surface area (Å²) < 4.78 is 0. The number of nitrogens with two attached hydrogens (primary N) is 1. The molecular weight excluding hydrogens is 224 g/mol. The van der Waals surface area contributed by atoms with Gasteiger partial charge in [0.15, 0.2) is 0 Å². The van der Waals surface area contributed by atoms with E-state index in [9.17, 15) is 4.79 Å². The minimum absolute atomic E-state index is 0.0948. The van der Waals surface area contributed by atoms with E-state index in [4.69, 9.17) is 5.73 Å². The van der Waals surface area contributed by atoms with Gasteiger partial charge in [0.1, 0.15) is 0 Å². The molecule has 0 saturated heterocycles. The summed E-state index contributed by atoms with van der Waals surface area (Å²) in [6.07, 6.45) is 0. The van der Waals surface area contributed by atoms with Crippen molar-refractivity contribution in [3.8, 4) is 0 Å². The van der Waals surface area contributed by atoms with Crippen LogP contribution in [0, 0.1) is 11.8 Å². The number of nitrogens with zero attached hydrogens (tertiary/aromatic N) is 1. The lowest BCUT2D eigenvalue weighted by Crippen LogP contribution is -2.37. The second-order valence-corrected chi connectivity index (χ2v) is 5.62. The average Bonchev–Trinajstić information content (AvgIpc) is 2.27. The highest BCUT2D eigenvalue weighted by Crippen LogP contribution is 2.12. The van der Waals surface area contributed by atoms with Crippen molar-refractivity contribution in [2.45, 2.75) is 27.7 Å². The fraction of sp³-hybridized carbons (Fsp3) is 0.533. The summed E-state index contributed by atoms with van der Waals surface area (Å²) in [6, 6.07) is 7.14. The molecule has 0 unspecified atom stereocenters. The largest absolute Gasteiger partial charge is 0.399 e. The molecule has 1 aromatic rings. The third-order valence-corrected chi connectivity index (χ3v) is 2.62. The second-order valence-electron chi connectivity index (χ2n) is 5.62. The molecule has 0 aliphatic carbocycles. The predicted molar refractivity (Wildman–Crippen MR) is 76.4 cm³/mol. The van der Waals surface area contributed by atoms with Gasteiger partial charge in [0.2, 0.25) is 0 Å². The molecule has 0 radical (unpaired) electrons. The minimum Gasteiger partial charge on any atom is -0.399 e. The molecule has 2 N–H and O–H groups in total. The van der Waals surface area contributed by atoms with Crippen molar-refractivity contribution >= 4 is 11.6 Å². The maximum atomic E-state index is 12.4. The summed E-state index contributed by atoms with van der Waals surface area (Å²) in [4.78, 5) is 14.3. The molecule has 0 aliphatic heterocycles. The fourth-order valence-electron chi connectivity index (χ4n) is 1.93. The van der Waals surface area contributed by atoms with Crippen LogP contribution in [0.15, 0.2) is 24.3 Å². The Labute approximate surface area is 110 Å². The molecule has 1 amide bonds. The summed E-state index contributed by atoms with van der Waals surface area (Å²) in [6.45, 7) is 10.1. The Balaban J connectivity index is 2.83. The molecule has 0 aliphatic rings. The number of nitrogen functional groups attached to an aromatic ring is 1. The molecule has 3 heteroatoms. The first-order valence-electron chi connectivity index (χ1n) is 6.55. The number of hydrogen-bond donors (Lipinski definition) is 1. The molecule has 1 aromatic carbocycles. The summed E-state index contributed by atoms with van der Waals surface area (Å²) in [7, 11) is 0. The Morgan fingerprint density at radius 2 is 1.50 bits per heavy atom. The van der Waals surface area contributed by atoms with Gasteiger partial charge in [-0.25, -0.2) is 0 Å². The van der Waals surface area contributed by atoms with Crippen molar-refractivity contribution in [3.05, 3.63) is 29.8 Å². The zero-order valence-corrected chi connectivity index (χ0v) is 11.8. The predicted octanol–water partition coefficient (Wildman–Crippen LogP) is 3.02. The van der Waals surface area contributed by atoms with E-state index in [0.29, 0.717) is 23.1 Å². The molecule has 100 valence electrons. The minimum atomic E-state index is 0.0948. The lowest BCUT2D eigenvalue weighted by molar-refractivity contribution is 0.0715. The number of rotatable bonds is 5. The summed E-state index contributed by atoms with van der Waals surface area (Å²) in [5.41, 5.74) is 7.04. The van der Waals surface area contributed by atoms with E-state index < -0.39 is 0 Å². The van der Waals surface area contributed by atoms with E-state index in [1.807, 2.05) is 4.90 Å². The second kappa shape index (κ2) is 6.43. The maximum absolute atomic E-state index is 12.4. The van der Waals surface area contributed by atoms with Gasteiger partial charge in [0.25, 0.3) is 5.91 Å². The zero-order chi connectivity index (χ0) is 13.7. The number of amides is 1. The van der Waals surface area contributed by atoms with E-state index in [2.05, 4.69) is 27.7 Å². The summed E-state index contributed by atoms with van der Waals surface area (Å²) >= 11 is 0. The van der Waals surface area contributed by atoms with Crippen LogP contribution in [0.3, 0.4) is 0 Å². The first kappa shape index (κ1) is 14.6. The topological polar surface area (TPSA) is 46.3 Å². The van der Waals surface area contributed by atoms with E-state index in [1.54, 1.807) is 24.3 Å². The maximum Gasteiger partial charge on any atom is 0.253 e.